The minimum absolute atomic E-state index is 0.659. The molecule has 10 heavy (non-hydrogen) atoms. The van der Waals surface area contributed by atoms with E-state index in [0.717, 1.165) is 6.29 Å². The van der Waals surface area contributed by atoms with Crippen molar-refractivity contribution in [2.24, 2.45) is 0 Å². The predicted molar refractivity (Wildman–Crippen MR) is 46.5 cm³/mol. The third kappa shape index (κ3) is 3.20. The highest BCUT2D eigenvalue weighted by molar-refractivity contribution is 7.17. The molecule has 0 aliphatic carbocycles. The van der Waals surface area contributed by atoms with Crippen molar-refractivity contribution in [2.45, 2.75) is 0 Å². The van der Waals surface area contributed by atoms with Crippen LogP contribution >= 0.6 is 34.5 Å². The molecule has 1 aromatic heterocycles. The van der Waals surface area contributed by atoms with Gasteiger partial charge in [0.05, 0.1) is 9.21 Å². The summed E-state index contributed by atoms with van der Waals surface area (Å²) in [6.45, 7) is 0. The highest BCUT2D eigenvalue weighted by Gasteiger charge is 1.91. The molecule has 0 spiro atoms. The van der Waals surface area contributed by atoms with E-state index in [0.29, 0.717) is 9.21 Å². The topological polar surface area (TPSA) is 17.1 Å². The first-order valence-corrected chi connectivity index (χ1v) is 4.36. The molecule has 1 rings (SSSR count). The van der Waals surface area contributed by atoms with Gasteiger partial charge in [-0.1, -0.05) is 11.6 Å². The van der Waals surface area contributed by atoms with Crippen molar-refractivity contribution in [1.29, 1.82) is 0 Å². The Bertz CT molecular complexity index is 197. The van der Waals surface area contributed by atoms with E-state index in [9.17, 15) is 4.79 Å². The quantitative estimate of drug-likeness (QED) is 0.499. The van der Waals surface area contributed by atoms with E-state index < -0.39 is 0 Å². The van der Waals surface area contributed by atoms with Gasteiger partial charge in [0.2, 0.25) is 0 Å². The Labute approximate surface area is 73.6 Å². The van der Waals surface area contributed by atoms with E-state index >= 15 is 0 Å². The Morgan fingerprint density at radius 3 is 2.30 bits per heavy atom. The molecule has 0 aliphatic rings. The molecule has 0 amide bonds. The first-order valence-electron chi connectivity index (χ1n) is 2.41. The van der Waals surface area contributed by atoms with Gasteiger partial charge in [0.15, 0.2) is 6.29 Å². The van der Waals surface area contributed by atoms with E-state index in [4.69, 9.17) is 11.6 Å². The van der Waals surface area contributed by atoms with E-state index in [1.165, 1.54) is 17.7 Å². The molecule has 0 aliphatic heterocycles. The molecule has 0 fully saturated rings. The van der Waals surface area contributed by atoms with Gasteiger partial charge in [-0.2, -0.15) is 0 Å². The molecule has 0 radical (unpaired) electrons. The fraction of sp³-hybridized carbons (Fsp3) is 0.167. The molecule has 4 heteroatoms. The standard InChI is InChI=1S/C5H3ClOS.CH3Cl/c6-5-2-1-4(3-7)8-5;1-2/h1-3H;1H3. The molecule has 0 unspecified atom stereocenters. The number of aldehydes is 1. The summed E-state index contributed by atoms with van der Waals surface area (Å²) in [6, 6.07) is 3.40. The number of thiophene rings is 1. The molecule has 0 bridgehead atoms. The number of rotatable bonds is 1. The molecule has 0 saturated heterocycles. The van der Waals surface area contributed by atoms with Crippen LogP contribution < -0.4 is 0 Å². The third-order valence-corrected chi connectivity index (χ3v) is 1.87. The smallest absolute Gasteiger partial charge is 0.160 e. The minimum atomic E-state index is 0.659. The maximum atomic E-state index is 9.97. The van der Waals surface area contributed by atoms with Crippen LogP contribution in [0.25, 0.3) is 0 Å². The number of alkyl halides is 1. The second-order valence-electron chi connectivity index (χ2n) is 1.26. The first-order chi connectivity index (χ1) is 4.83. The maximum Gasteiger partial charge on any atom is 0.160 e. The van der Waals surface area contributed by atoms with Gasteiger partial charge in [-0.25, -0.2) is 0 Å². The molecule has 56 valence electrons. The SMILES string of the molecule is CCl.O=Cc1ccc(Cl)s1. The minimum Gasteiger partial charge on any atom is -0.297 e. The summed E-state index contributed by atoms with van der Waals surface area (Å²) in [5.41, 5.74) is 0. The highest BCUT2D eigenvalue weighted by atomic mass is 35.5. The summed E-state index contributed by atoms with van der Waals surface area (Å²) < 4.78 is 0.659. The first kappa shape index (κ1) is 9.95. The largest absolute Gasteiger partial charge is 0.297 e. The van der Waals surface area contributed by atoms with Gasteiger partial charge in [-0.05, 0) is 12.1 Å². The number of hydrogen-bond donors (Lipinski definition) is 0. The molecule has 1 nitrogen and oxygen atoms in total. The molecule has 1 aromatic rings. The maximum absolute atomic E-state index is 9.97. The van der Waals surface area contributed by atoms with Crippen molar-refractivity contribution in [3.05, 3.63) is 21.3 Å². The number of hydrogen-bond acceptors (Lipinski definition) is 2. The zero-order chi connectivity index (χ0) is 7.98. The Morgan fingerprint density at radius 1 is 1.50 bits per heavy atom. The second-order valence-corrected chi connectivity index (χ2v) is 3.01. The van der Waals surface area contributed by atoms with Crippen LogP contribution in [0.4, 0.5) is 0 Å². The Balaban J connectivity index is 0.000000371. The second kappa shape index (κ2) is 5.71. The van der Waals surface area contributed by atoms with Gasteiger partial charge in [0, 0.05) is 6.38 Å². The summed E-state index contributed by atoms with van der Waals surface area (Å²) in [6.07, 6.45) is 2.26. The molecule has 0 aromatic carbocycles. The van der Waals surface area contributed by atoms with Gasteiger partial charge >= 0.3 is 0 Å². The number of carbonyl (C=O) groups excluding carboxylic acids is 1. The third-order valence-electron chi connectivity index (χ3n) is 0.710. The summed E-state index contributed by atoms with van der Waals surface area (Å²) in [7, 11) is 0. The van der Waals surface area contributed by atoms with Crippen LogP contribution in [-0.4, -0.2) is 12.7 Å². The normalized spacial score (nSPS) is 7.90. The molecule has 0 atom stereocenters. The fourth-order valence-corrected chi connectivity index (χ4v) is 1.27. The summed E-state index contributed by atoms with van der Waals surface area (Å²) >= 11 is 11.4. The van der Waals surface area contributed by atoms with Crippen LogP contribution in [-0.2, 0) is 0 Å². The molecular weight excluding hydrogens is 191 g/mol. The molecule has 1 heterocycles. The van der Waals surface area contributed by atoms with Gasteiger partial charge in [0.1, 0.15) is 0 Å². The Hall–Kier alpha value is -0.0500. The predicted octanol–water partition coefficient (Wildman–Crippen LogP) is 3.07. The van der Waals surface area contributed by atoms with E-state index in [2.05, 4.69) is 11.6 Å². The number of halogens is 2. The van der Waals surface area contributed by atoms with Crippen LogP contribution in [0.15, 0.2) is 12.1 Å². The Morgan fingerprint density at radius 2 is 2.10 bits per heavy atom. The van der Waals surface area contributed by atoms with Gasteiger partial charge in [-0.15, -0.1) is 22.9 Å². The average molecular weight is 197 g/mol. The lowest BCUT2D eigenvalue weighted by Gasteiger charge is -1.69. The van der Waals surface area contributed by atoms with Crippen molar-refractivity contribution < 1.29 is 4.79 Å². The van der Waals surface area contributed by atoms with Gasteiger partial charge < -0.3 is 0 Å². The van der Waals surface area contributed by atoms with E-state index in [1.54, 1.807) is 12.1 Å². The van der Waals surface area contributed by atoms with Crippen molar-refractivity contribution in [3.8, 4) is 0 Å². The van der Waals surface area contributed by atoms with Crippen LogP contribution in [0.3, 0.4) is 0 Å². The van der Waals surface area contributed by atoms with Crippen LogP contribution in [0, 0.1) is 0 Å². The van der Waals surface area contributed by atoms with Crippen LogP contribution in [0.1, 0.15) is 9.67 Å². The lowest BCUT2D eigenvalue weighted by atomic mass is 10.5. The van der Waals surface area contributed by atoms with Gasteiger partial charge in [-0.3, -0.25) is 4.79 Å². The summed E-state index contributed by atoms with van der Waals surface area (Å²) in [5, 5.41) is 0. The van der Waals surface area contributed by atoms with Crippen molar-refractivity contribution in [1.82, 2.24) is 0 Å². The van der Waals surface area contributed by atoms with Crippen LogP contribution in [0.2, 0.25) is 4.34 Å². The average Bonchev–Trinajstić information content (AvgIpc) is 2.40. The van der Waals surface area contributed by atoms with Crippen molar-refractivity contribution >= 4 is 40.8 Å². The summed E-state index contributed by atoms with van der Waals surface area (Å²) in [4.78, 5) is 10.6. The monoisotopic (exact) mass is 196 g/mol. The van der Waals surface area contributed by atoms with Crippen molar-refractivity contribution in [2.75, 3.05) is 6.38 Å². The zero-order valence-corrected chi connectivity index (χ0v) is 7.63. The molecule has 0 saturated carbocycles. The Kier molecular flexibility index (Phi) is 5.69. The summed E-state index contributed by atoms with van der Waals surface area (Å²) in [5.74, 6) is 0. The molecule has 0 N–H and O–H groups in total. The van der Waals surface area contributed by atoms with Crippen LogP contribution in [0.5, 0.6) is 0 Å². The van der Waals surface area contributed by atoms with E-state index in [1.807, 2.05) is 0 Å². The van der Waals surface area contributed by atoms with E-state index in [-0.39, 0.29) is 0 Å². The lowest BCUT2D eigenvalue weighted by molar-refractivity contribution is 0.112. The molecular formula is C6H6Cl2OS. The highest BCUT2D eigenvalue weighted by Crippen LogP contribution is 2.19. The zero-order valence-electron chi connectivity index (χ0n) is 5.30. The number of carbonyl (C=O) groups is 1. The lowest BCUT2D eigenvalue weighted by Crippen LogP contribution is -1.61. The fourth-order valence-electron chi connectivity index (χ4n) is 0.392. The van der Waals surface area contributed by atoms with Crippen molar-refractivity contribution in [3.63, 3.8) is 0 Å². The van der Waals surface area contributed by atoms with Gasteiger partial charge in [0.25, 0.3) is 0 Å².